The fourth-order valence-electron chi connectivity index (χ4n) is 3.42. The molecule has 1 aliphatic heterocycles. The number of piperazine rings is 1. The summed E-state index contributed by atoms with van der Waals surface area (Å²) in [7, 11) is 0. The maximum atomic E-state index is 12.7. The number of phenols is 1. The molecule has 3 rings (SSSR count). The zero-order chi connectivity index (χ0) is 18.7. The Hall–Kier alpha value is -2.53. The van der Waals surface area contributed by atoms with Crippen molar-refractivity contribution in [3.05, 3.63) is 53.1 Å². The van der Waals surface area contributed by atoms with Crippen LogP contribution in [0.3, 0.4) is 0 Å². The molecular weight excluding hydrogens is 328 g/mol. The van der Waals surface area contributed by atoms with Crippen LogP contribution < -0.4 is 9.64 Å². The minimum Gasteiger partial charge on any atom is -0.504 e. The van der Waals surface area contributed by atoms with Crippen molar-refractivity contribution >= 4 is 11.6 Å². The van der Waals surface area contributed by atoms with Gasteiger partial charge in [-0.15, -0.1) is 0 Å². The Labute approximate surface area is 154 Å². The molecule has 0 aliphatic carbocycles. The number of aromatic hydroxyl groups is 1. The number of ether oxygens (including phenoxy) is 1. The van der Waals surface area contributed by atoms with E-state index in [0.717, 1.165) is 17.8 Å². The molecule has 0 aromatic heterocycles. The Morgan fingerprint density at radius 1 is 1.08 bits per heavy atom. The summed E-state index contributed by atoms with van der Waals surface area (Å²) in [6.07, 6.45) is 0. The SMILES string of the molecule is CCOc1cc(CN2CCN(c3cc(C)cc(C)c3)C(=O)C2)ccc1O. The summed E-state index contributed by atoms with van der Waals surface area (Å²) in [6.45, 7) is 9.03. The number of anilines is 1. The van der Waals surface area contributed by atoms with Gasteiger partial charge in [-0.3, -0.25) is 9.69 Å². The molecule has 1 fully saturated rings. The van der Waals surface area contributed by atoms with Crippen LogP contribution in [-0.4, -0.2) is 42.2 Å². The zero-order valence-corrected chi connectivity index (χ0v) is 15.7. The number of rotatable bonds is 5. The normalized spacial score (nSPS) is 15.3. The number of aryl methyl sites for hydroxylation is 2. The average molecular weight is 354 g/mol. The number of hydrogen-bond donors (Lipinski definition) is 1. The van der Waals surface area contributed by atoms with E-state index >= 15 is 0 Å². The summed E-state index contributed by atoms with van der Waals surface area (Å²) in [5.41, 5.74) is 4.35. The van der Waals surface area contributed by atoms with Gasteiger partial charge in [0.25, 0.3) is 0 Å². The molecule has 5 nitrogen and oxygen atoms in total. The van der Waals surface area contributed by atoms with Crippen LogP contribution in [0, 0.1) is 13.8 Å². The van der Waals surface area contributed by atoms with Gasteiger partial charge in [-0.25, -0.2) is 0 Å². The second kappa shape index (κ2) is 7.79. The first-order valence-corrected chi connectivity index (χ1v) is 9.02. The molecule has 2 aromatic rings. The van der Waals surface area contributed by atoms with Crippen molar-refractivity contribution in [3.8, 4) is 11.5 Å². The molecule has 0 unspecified atom stereocenters. The predicted molar refractivity (Wildman–Crippen MR) is 103 cm³/mol. The van der Waals surface area contributed by atoms with E-state index in [4.69, 9.17) is 4.74 Å². The van der Waals surface area contributed by atoms with E-state index in [2.05, 4.69) is 36.9 Å². The van der Waals surface area contributed by atoms with E-state index in [1.54, 1.807) is 6.07 Å². The lowest BCUT2D eigenvalue weighted by molar-refractivity contribution is -0.121. The van der Waals surface area contributed by atoms with Crippen molar-refractivity contribution in [3.63, 3.8) is 0 Å². The van der Waals surface area contributed by atoms with Crippen molar-refractivity contribution in [2.75, 3.05) is 31.1 Å². The number of phenolic OH excluding ortho intramolecular Hbond substituents is 1. The molecular formula is C21H26N2O3. The summed E-state index contributed by atoms with van der Waals surface area (Å²) in [6, 6.07) is 11.6. The third kappa shape index (κ3) is 4.17. The number of carbonyl (C=O) groups excluding carboxylic acids is 1. The molecule has 1 saturated heterocycles. The quantitative estimate of drug-likeness (QED) is 0.895. The fraction of sp³-hybridized carbons (Fsp3) is 0.381. The maximum Gasteiger partial charge on any atom is 0.241 e. The summed E-state index contributed by atoms with van der Waals surface area (Å²) in [5, 5.41) is 9.82. The Morgan fingerprint density at radius 3 is 2.46 bits per heavy atom. The zero-order valence-electron chi connectivity index (χ0n) is 15.7. The highest BCUT2D eigenvalue weighted by Crippen LogP contribution is 2.28. The first-order chi connectivity index (χ1) is 12.5. The Bertz CT molecular complexity index is 784. The monoisotopic (exact) mass is 354 g/mol. The van der Waals surface area contributed by atoms with Gasteiger partial charge in [0.15, 0.2) is 11.5 Å². The Morgan fingerprint density at radius 2 is 1.81 bits per heavy atom. The van der Waals surface area contributed by atoms with Crippen LogP contribution in [0.2, 0.25) is 0 Å². The molecule has 0 saturated carbocycles. The van der Waals surface area contributed by atoms with Gasteiger partial charge in [-0.1, -0.05) is 12.1 Å². The van der Waals surface area contributed by atoms with E-state index in [0.29, 0.717) is 32.0 Å². The first-order valence-electron chi connectivity index (χ1n) is 9.02. The first kappa shape index (κ1) is 18.3. The number of nitrogens with zero attached hydrogens (tertiary/aromatic N) is 2. The Balaban J connectivity index is 1.67. The van der Waals surface area contributed by atoms with Gasteiger partial charge in [0.2, 0.25) is 5.91 Å². The van der Waals surface area contributed by atoms with Gasteiger partial charge >= 0.3 is 0 Å². The van der Waals surface area contributed by atoms with Crippen LogP contribution in [0.1, 0.15) is 23.6 Å². The molecule has 5 heteroatoms. The highest BCUT2D eigenvalue weighted by Gasteiger charge is 2.25. The van der Waals surface area contributed by atoms with Gasteiger partial charge in [0.05, 0.1) is 13.2 Å². The molecule has 1 N–H and O–H groups in total. The number of carbonyl (C=O) groups is 1. The van der Waals surface area contributed by atoms with E-state index in [1.165, 1.54) is 11.1 Å². The van der Waals surface area contributed by atoms with Crippen LogP contribution in [0.25, 0.3) is 0 Å². The molecule has 26 heavy (non-hydrogen) atoms. The van der Waals surface area contributed by atoms with E-state index < -0.39 is 0 Å². The molecule has 2 aromatic carbocycles. The maximum absolute atomic E-state index is 12.7. The van der Waals surface area contributed by atoms with Gasteiger partial charge in [0.1, 0.15) is 0 Å². The molecule has 1 heterocycles. The third-order valence-corrected chi connectivity index (χ3v) is 4.55. The Kier molecular flexibility index (Phi) is 5.47. The van der Waals surface area contributed by atoms with E-state index in [9.17, 15) is 9.90 Å². The minimum absolute atomic E-state index is 0.116. The summed E-state index contributed by atoms with van der Waals surface area (Å²) in [5.74, 6) is 0.751. The fourth-order valence-corrected chi connectivity index (χ4v) is 3.42. The van der Waals surface area contributed by atoms with Gasteiger partial charge < -0.3 is 14.7 Å². The standard InChI is InChI=1S/C21H26N2O3/c1-4-26-20-12-17(5-6-19(20)24)13-22-7-8-23(21(25)14-22)18-10-15(2)9-16(3)11-18/h5-6,9-12,24H,4,7-8,13-14H2,1-3H3. The third-order valence-electron chi connectivity index (χ3n) is 4.55. The van der Waals surface area contributed by atoms with Crippen molar-refractivity contribution in [2.24, 2.45) is 0 Å². The highest BCUT2D eigenvalue weighted by molar-refractivity contribution is 5.95. The second-order valence-corrected chi connectivity index (χ2v) is 6.84. The molecule has 0 atom stereocenters. The smallest absolute Gasteiger partial charge is 0.241 e. The largest absolute Gasteiger partial charge is 0.504 e. The highest BCUT2D eigenvalue weighted by atomic mass is 16.5. The molecule has 1 aliphatic rings. The van der Waals surface area contributed by atoms with Crippen molar-refractivity contribution < 1.29 is 14.6 Å². The number of benzene rings is 2. The second-order valence-electron chi connectivity index (χ2n) is 6.84. The minimum atomic E-state index is 0.116. The van der Waals surface area contributed by atoms with Crippen molar-refractivity contribution in [1.82, 2.24) is 4.90 Å². The summed E-state index contributed by atoms with van der Waals surface area (Å²) >= 11 is 0. The van der Waals surface area contributed by atoms with Gasteiger partial charge in [-0.2, -0.15) is 0 Å². The average Bonchev–Trinajstić information content (AvgIpc) is 2.57. The molecule has 0 spiro atoms. The predicted octanol–water partition coefficient (Wildman–Crippen LogP) is 3.26. The van der Waals surface area contributed by atoms with Crippen LogP contribution in [0.15, 0.2) is 36.4 Å². The van der Waals surface area contributed by atoms with Crippen LogP contribution in [0.5, 0.6) is 11.5 Å². The van der Waals surface area contributed by atoms with Crippen LogP contribution in [0.4, 0.5) is 5.69 Å². The number of amides is 1. The topological polar surface area (TPSA) is 53.0 Å². The molecule has 1 amide bonds. The lowest BCUT2D eigenvalue weighted by atomic mass is 10.1. The van der Waals surface area contributed by atoms with Crippen LogP contribution in [-0.2, 0) is 11.3 Å². The van der Waals surface area contributed by atoms with E-state index in [-0.39, 0.29) is 11.7 Å². The van der Waals surface area contributed by atoms with Gasteiger partial charge in [0, 0.05) is 25.3 Å². The summed E-state index contributed by atoms with van der Waals surface area (Å²) < 4.78 is 5.44. The summed E-state index contributed by atoms with van der Waals surface area (Å²) in [4.78, 5) is 16.7. The van der Waals surface area contributed by atoms with Crippen LogP contribution >= 0.6 is 0 Å². The number of hydrogen-bond acceptors (Lipinski definition) is 4. The van der Waals surface area contributed by atoms with E-state index in [1.807, 2.05) is 24.0 Å². The molecule has 138 valence electrons. The van der Waals surface area contributed by atoms with Gasteiger partial charge in [-0.05, 0) is 61.7 Å². The lowest BCUT2D eigenvalue weighted by Gasteiger charge is -2.34. The lowest BCUT2D eigenvalue weighted by Crippen LogP contribution is -2.50. The molecule has 0 bridgehead atoms. The molecule has 0 radical (unpaired) electrons. The van der Waals surface area contributed by atoms with Crippen molar-refractivity contribution in [2.45, 2.75) is 27.3 Å². The van der Waals surface area contributed by atoms with Crippen molar-refractivity contribution in [1.29, 1.82) is 0 Å².